The molecule has 10 nitrogen and oxygen atoms in total. The number of piperidine rings is 1. The lowest BCUT2D eigenvalue weighted by Gasteiger charge is -2.25. The molecular formula is C20H20ClN3O7S. The first-order chi connectivity index (χ1) is 15.2. The summed E-state index contributed by atoms with van der Waals surface area (Å²) in [6.07, 6.45) is 2.66. The Balaban J connectivity index is 1.58. The van der Waals surface area contributed by atoms with E-state index in [4.69, 9.17) is 16.3 Å². The number of carbonyl (C=O) groups is 2. The van der Waals surface area contributed by atoms with Crippen LogP contribution in [0.4, 0.5) is 11.4 Å². The van der Waals surface area contributed by atoms with Gasteiger partial charge in [0.2, 0.25) is 10.0 Å². The molecule has 3 rings (SSSR count). The van der Waals surface area contributed by atoms with Crippen LogP contribution in [0.25, 0.3) is 0 Å². The number of nitro benzene ring substituents is 1. The molecule has 0 aromatic heterocycles. The van der Waals surface area contributed by atoms with Crippen molar-refractivity contribution in [3.05, 3.63) is 63.2 Å². The molecule has 0 bridgehead atoms. The monoisotopic (exact) mass is 481 g/mol. The molecule has 1 heterocycles. The topological polar surface area (TPSA) is 136 Å². The van der Waals surface area contributed by atoms with Crippen LogP contribution >= 0.6 is 11.6 Å². The third-order valence-corrected chi connectivity index (χ3v) is 7.05. The van der Waals surface area contributed by atoms with Gasteiger partial charge in [-0.25, -0.2) is 13.2 Å². The maximum atomic E-state index is 12.7. The Bertz CT molecular complexity index is 1130. The van der Waals surface area contributed by atoms with Crippen LogP contribution in [0, 0.1) is 10.1 Å². The number of nitro groups is 1. The lowest BCUT2D eigenvalue weighted by molar-refractivity contribution is -0.384. The molecule has 0 spiro atoms. The van der Waals surface area contributed by atoms with Crippen molar-refractivity contribution in [3.63, 3.8) is 0 Å². The van der Waals surface area contributed by atoms with Gasteiger partial charge in [0.1, 0.15) is 0 Å². The predicted molar refractivity (Wildman–Crippen MR) is 116 cm³/mol. The molecule has 0 unspecified atom stereocenters. The number of non-ortho nitro benzene ring substituents is 1. The largest absolute Gasteiger partial charge is 0.452 e. The van der Waals surface area contributed by atoms with Crippen molar-refractivity contribution >= 4 is 44.9 Å². The number of nitrogens with one attached hydrogen (secondary N) is 1. The van der Waals surface area contributed by atoms with E-state index >= 15 is 0 Å². The minimum Gasteiger partial charge on any atom is -0.452 e. The van der Waals surface area contributed by atoms with Crippen molar-refractivity contribution in [1.29, 1.82) is 0 Å². The molecule has 32 heavy (non-hydrogen) atoms. The second-order valence-electron chi connectivity index (χ2n) is 7.03. The molecular weight excluding hydrogens is 462 g/mol. The van der Waals surface area contributed by atoms with Crippen molar-refractivity contribution in [2.45, 2.75) is 24.2 Å². The molecule has 1 saturated heterocycles. The van der Waals surface area contributed by atoms with Crippen LogP contribution < -0.4 is 5.32 Å². The highest BCUT2D eigenvalue weighted by atomic mass is 35.5. The minimum absolute atomic E-state index is 0.0495. The molecule has 1 fully saturated rings. The second-order valence-corrected chi connectivity index (χ2v) is 9.38. The molecule has 1 N–H and O–H groups in total. The Kier molecular flexibility index (Phi) is 7.44. The zero-order valence-electron chi connectivity index (χ0n) is 16.8. The quantitative estimate of drug-likeness (QED) is 0.364. The number of hydrogen-bond acceptors (Lipinski definition) is 7. The lowest BCUT2D eigenvalue weighted by atomic mass is 10.2. The maximum Gasteiger partial charge on any atom is 0.340 e. The summed E-state index contributed by atoms with van der Waals surface area (Å²) in [6, 6.07) is 8.96. The van der Waals surface area contributed by atoms with E-state index in [2.05, 4.69) is 5.32 Å². The number of sulfonamides is 1. The first-order valence-electron chi connectivity index (χ1n) is 9.69. The van der Waals surface area contributed by atoms with Crippen molar-refractivity contribution in [2.24, 2.45) is 0 Å². The van der Waals surface area contributed by atoms with Gasteiger partial charge in [-0.15, -0.1) is 0 Å². The fraction of sp³-hybridized carbons (Fsp3) is 0.300. The number of amides is 1. The van der Waals surface area contributed by atoms with Crippen molar-refractivity contribution in [1.82, 2.24) is 4.31 Å². The molecule has 0 radical (unpaired) electrons. The smallest absolute Gasteiger partial charge is 0.340 e. The van der Waals surface area contributed by atoms with Gasteiger partial charge in [-0.2, -0.15) is 4.31 Å². The number of benzene rings is 2. The van der Waals surface area contributed by atoms with Gasteiger partial charge in [0.25, 0.3) is 11.6 Å². The number of halogens is 1. The van der Waals surface area contributed by atoms with Gasteiger partial charge in [0, 0.05) is 30.9 Å². The molecule has 0 saturated carbocycles. The summed E-state index contributed by atoms with van der Waals surface area (Å²) in [5, 5.41) is 13.3. The summed E-state index contributed by atoms with van der Waals surface area (Å²) >= 11 is 5.87. The summed E-state index contributed by atoms with van der Waals surface area (Å²) in [6.45, 7) is 0.313. The van der Waals surface area contributed by atoms with Crippen LogP contribution in [0.1, 0.15) is 29.6 Å². The number of esters is 1. The van der Waals surface area contributed by atoms with E-state index in [0.717, 1.165) is 31.4 Å². The number of hydrogen-bond donors (Lipinski definition) is 1. The van der Waals surface area contributed by atoms with E-state index in [0.29, 0.717) is 18.8 Å². The number of rotatable bonds is 7. The Morgan fingerprint density at radius 2 is 1.75 bits per heavy atom. The SMILES string of the molecule is O=C(COC(=O)c1cc([N+](=O)[O-])ccc1Cl)Nc1ccc(S(=O)(=O)N2CCCCC2)cc1. The highest BCUT2D eigenvalue weighted by Crippen LogP contribution is 2.23. The zero-order chi connectivity index (χ0) is 23.3. The van der Waals surface area contributed by atoms with Crippen molar-refractivity contribution < 1.29 is 27.7 Å². The molecule has 1 aliphatic heterocycles. The highest BCUT2D eigenvalue weighted by molar-refractivity contribution is 7.89. The van der Waals surface area contributed by atoms with E-state index in [1.807, 2.05) is 0 Å². The minimum atomic E-state index is -3.58. The summed E-state index contributed by atoms with van der Waals surface area (Å²) in [5.74, 6) is -1.66. The Morgan fingerprint density at radius 3 is 2.38 bits per heavy atom. The summed E-state index contributed by atoms with van der Waals surface area (Å²) < 4.78 is 31.6. The lowest BCUT2D eigenvalue weighted by Crippen LogP contribution is -2.35. The standard InChI is InChI=1S/C20H20ClN3O7S/c21-18-9-6-15(24(27)28)12-17(18)20(26)31-13-19(25)22-14-4-7-16(8-5-14)32(29,30)23-10-2-1-3-11-23/h4-9,12H,1-3,10-11,13H2,(H,22,25). The molecule has 0 atom stereocenters. The van der Waals surface area contributed by atoms with Gasteiger partial charge in [-0.1, -0.05) is 18.0 Å². The molecule has 1 amide bonds. The normalized spacial score (nSPS) is 14.5. The van der Waals surface area contributed by atoms with Gasteiger partial charge < -0.3 is 10.1 Å². The Hall–Kier alpha value is -3.02. The fourth-order valence-corrected chi connectivity index (χ4v) is 4.87. The number of nitrogens with zero attached hydrogens (tertiary/aromatic N) is 2. The third kappa shape index (κ3) is 5.61. The molecule has 170 valence electrons. The molecule has 2 aromatic rings. The predicted octanol–water partition coefficient (Wildman–Crippen LogP) is 3.22. The van der Waals surface area contributed by atoms with Gasteiger partial charge in [0.05, 0.1) is 20.4 Å². The van der Waals surface area contributed by atoms with Crippen LogP contribution in [0.2, 0.25) is 5.02 Å². The molecule has 12 heteroatoms. The molecule has 1 aliphatic rings. The molecule has 0 aliphatic carbocycles. The van der Waals surface area contributed by atoms with Crippen LogP contribution in [-0.4, -0.2) is 49.2 Å². The van der Waals surface area contributed by atoms with Crippen LogP contribution in [0.3, 0.4) is 0 Å². The first kappa shape index (κ1) is 23.6. The van der Waals surface area contributed by atoms with Crippen LogP contribution in [0.5, 0.6) is 0 Å². The van der Waals surface area contributed by atoms with Crippen molar-refractivity contribution in [2.75, 3.05) is 25.0 Å². The van der Waals surface area contributed by atoms with Crippen LogP contribution in [-0.2, 0) is 19.6 Å². The van der Waals surface area contributed by atoms with E-state index in [1.54, 1.807) is 0 Å². The Labute approximate surface area is 189 Å². The third-order valence-electron chi connectivity index (χ3n) is 4.81. The maximum absolute atomic E-state index is 12.7. The van der Waals surface area contributed by atoms with Crippen LogP contribution in [0.15, 0.2) is 47.4 Å². The second kappa shape index (κ2) is 10.1. The zero-order valence-corrected chi connectivity index (χ0v) is 18.4. The van der Waals surface area contributed by atoms with E-state index in [9.17, 15) is 28.1 Å². The van der Waals surface area contributed by atoms with Gasteiger partial charge in [-0.05, 0) is 43.2 Å². The fourth-order valence-electron chi connectivity index (χ4n) is 3.15. The summed E-state index contributed by atoms with van der Waals surface area (Å²) in [5.41, 5.74) is -0.261. The van der Waals surface area contributed by atoms with Gasteiger partial charge in [0.15, 0.2) is 6.61 Å². The number of carbonyl (C=O) groups excluding carboxylic acids is 2. The highest BCUT2D eigenvalue weighted by Gasteiger charge is 2.25. The Morgan fingerprint density at radius 1 is 1.09 bits per heavy atom. The van der Waals surface area contributed by atoms with E-state index < -0.39 is 33.4 Å². The van der Waals surface area contributed by atoms with Crippen molar-refractivity contribution in [3.8, 4) is 0 Å². The first-order valence-corrected chi connectivity index (χ1v) is 11.5. The van der Waals surface area contributed by atoms with Gasteiger partial charge in [-0.3, -0.25) is 14.9 Å². The number of ether oxygens (including phenoxy) is 1. The van der Waals surface area contributed by atoms with E-state index in [1.165, 1.54) is 34.6 Å². The summed E-state index contributed by atoms with van der Waals surface area (Å²) in [7, 11) is -3.58. The van der Waals surface area contributed by atoms with E-state index in [-0.39, 0.29) is 21.2 Å². The van der Waals surface area contributed by atoms with Gasteiger partial charge >= 0.3 is 5.97 Å². The average Bonchev–Trinajstić information content (AvgIpc) is 2.78. The summed E-state index contributed by atoms with van der Waals surface area (Å²) in [4.78, 5) is 34.5. The average molecular weight is 482 g/mol. The number of anilines is 1. The molecule has 2 aromatic carbocycles.